The minimum Gasteiger partial charge on any atom is -0.356 e. The van der Waals surface area contributed by atoms with E-state index < -0.39 is 0 Å². The monoisotopic (exact) mass is 407 g/mol. The largest absolute Gasteiger partial charge is 0.356 e. The van der Waals surface area contributed by atoms with E-state index in [0.29, 0.717) is 11.5 Å². The molecule has 5 nitrogen and oxygen atoms in total. The third-order valence-corrected chi connectivity index (χ3v) is 6.76. The molecular formula is C24H30FN5. The fraction of sp³-hybridized carbons (Fsp3) is 0.500. The molecule has 3 aromatic rings. The lowest BCUT2D eigenvalue weighted by atomic mass is 9.82. The van der Waals surface area contributed by atoms with Gasteiger partial charge in [0.2, 0.25) is 0 Å². The maximum Gasteiger partial charge on any atom is 0.158 e. The van der Waals surface area contributed by atoms with Gasteiger partial charge in [-0.2, -0.15) is 9.61 Å². The molecule has 4 heterocycles. The van der Waals surface area contributed by atoms with E-state index in [4.69, 9.17) is 10.1 Å². The molecule has 0 atom stereocenters. The smallest absolute Gasteiger partial charge is 0.158 e. The fourth-order valence-electron chi connectivity index (χ4n) is 4.59. The molecule has 0 saturated carbocycles. The van der Waals surface area contributed by atoms with Gasteiger partial charge in [-0.3, -0.25) is 4.90 Å². The van der Waals surface area contributed by atoms with Gasteiger partial charge in [-0.25, -0.2) is 9.37 Å². The number of halogens is 1. The summed E-state index contributed by atoms with van der Waals surface area (Å²) in [5, 5.41) is 4.94. The second-order valence-corrected chi connectivity index (χ2v) is 9.82. The first-order valence-corrected chi connectivity index (χ1v) is 11.0. The Morgan fingerprint density at radius 2 is 1.73 bits per heavy atom. The van der Waals surface area contributed by atoms with E-state index in [0.717, 1.165) is 43.1 Å². The molecule has 0 unspecified atom stereocenters. The van der Waals surface area contributed by atoms with E-state index in [1.54, 1.807) is 12.1 Å². The number of anilines is 1. The predicted molar refractivity (Wildman–Crippen MR) is 118 cm³/mol. The highest BCUT2D eigenvalue weighted by atomic mass is 19.1. The number of hydrogen-bond acceptors (Lipinski definition) is 4. The van der Waals surface area contributed by atoms with E-state index in [9.17, 15) is 4.39 Å². The van der Waals surface area contributed by atoms with Crippen molar-refractivity contribution >= 4 is 11.5 Å². The summed E-state index contributed by atoms with van der Waals surface area (Å²) >= 11 is 0. The summed E-state index contributed by atoms with van der Waals surface area (Å²) in [6.07, 6.45) is 2.34. The number of piperidine rings is 1. The fourth-order valence-corrected chi connectivity index (χ4v) is 4.59. The first-order chi connectivity index (χ1) is 14.3. The standard InChI is InChI=1S/C24H30FN5/c1-16(2)29-14-19-21(15-29)26-22-13-20(17-5-7-18(25)8-6-17)27-30(22)23(19)28-11-9-24(3,4)10-12-28/h5-8,13,16H,9-12,14-15H2,1-4H3. The highest BCUT2D eigenvalue weighted by Crippen LogP contribution is 2.38. The van der Waals surface area contributed by atoms with Crippen molar-refractivity contribution in [2.24, 2.45) is 5.41 Å². The Balaban J connectivity index is 1.63. The van der Waals surface area contributed by atoms with Crippen LogP contribution in [-0.2, 0) is 13.1 Å². The summed E-state index contributed by atoms with van der Waals surface area (Å²) in [6.45, 7) is 13.1. The molecule has 158 valence electrons. The molecule has 0 radical (unpaired) electrons. The first kappa shape index (κ1) is 19.5. The zero-order chi connectivity index (χ0) is 21.0. The highest BCUT2D eigenvalue weighted by molar-refractivity contribution is 5.67. The van der Waals surface area contributed by atoms with E-state index in [-0.39, 0.29) is 5.82 Å². The summed E-state index contributed by atoms with van der Waals surface area (Å²) in [4.78, 5) is 9.97. The van der Waals surface area contributed by atoms with Crippen molar-refractivity contribution < 1.29 is 4.39 Å². The van der Waals surface area contributed by atoms with Crippen molar-refractivity contribution in [2.75, 3.05) is 18.0 Å². The molecule has 0 aliphatic carbocycles. The van der Waals surface area contributed by atoms with Gasteiger partial charge in [0.05, 0.1) is 11.4 Å². The van der Waals surface area contributed by atoms with Gasteiger partial charge in [-0.1, -0.05) is 13.8 Å². The van der Waals surface area contributed by atoms with Crippen LogP contribution in [0.2, 0.25) is 0 Å². The lowest BCUT2D eigenvalue weighted by molar-refractivity contribution is 0.226. The second-order valence-electron chi connectivity index (χ2n) is 9.82. The summed E-state index contributed by atoms with van der Waals surface area (Å²) in [6, 6.07) is 9.06. The molecule has 1 fully saturated rings. The summed E-state index contributed by atoms with van der Waals surface area (Å²) in [7, 11) is 0. The normalized spacial score (nSPS) is 19.1. The minimum absolute atomic E-state index is 0.231. The summed E-state index contributed by atoms with van der Waals surface area (Å²) in [5.41, 5.74) is 5.49. The van der Waals surface area contributed by atoms with Crippen LogP contribution in [0.25, 0.3) is 16.9 Å². The molecule has 2 aliphatic heterocycles. The summed E-state index contributed by atoms with van der Waals surface area (Å²) < 4.78 is 15.4. The van der Waals surface area contributed by atoms with Gasteiger partial charge in [0.25, 0.3) is 0 Å². The number of fused-ring (bicyclic) bond motifs is 2. The van der Waals surface area contributed by atoms with Gasteiger partial charge in [-0.15, -0.1) is 0 Å². The van der Waals surface area contributed by atoms with Gasteiger partial charge in [-0.05, 0) is 56.4 Å². The molecule has 2 aromatic heterocycles. The minimum atomic E-state index is -0.231. The molecule has 0 N–H and O–H groups in total. The third-order valence-electron chi connectivity index (χ3n) is 6.76. The number of nitrogens with zero attached hydrogens (tertiary/aromatic N) is 5. The van der Waals surface area contributed by atoms with E-state index in [1.807, 2.05) is 10.6 Å². The SMILES string of the molecule is CC(C)N1Cc2nc3cc(-c4ccc(F)cc4)nn3c(N3CCC(C)(C)CC3)c2C1. The average molecular weight is 408 g/mol. The maximum absolute atomic E-state index is 13.4. The number of rotatable bonds is 3. The molecule has 1 aromatic carbocycles. The van der Waals surface area contributed by atoms with Crippen molar-refractivity contribution in [1.29, 1.82) is 0 Å². The van der Waals surface area contributed by atoms with Crippen LogP contribution in [0, 0.1) is 11.2 Å². The number of benzene rings is 1. The Labute approximate surface area is 177 Å². The Bertz CT molecular complexity index is 1070. The van der Waals surface area contributed by atoms with Crippen molar-refractivity contribution in [3.63, 3.8) is 0 Å². The average Bonchev–Trinajstić information content (AvgIpc) is 3.31. The molecule has 30 heavy (non-hydrogen) atoms. The quantitative estimate of drug-likeness (QED) is 0.620. The van der Waals surface area contributed by atoms with E-state index in [2.05, 4.69) is 37.5 Å². The summed E-state index contributed by atoms with van der Waals surface area (Å²) in [5.74, 6) is 0.965. The Morgan fingerprint density at radius 3 is 2.40 bits per heavy atom. The molecule has 0 bridgehead atoms. The molecule has 2 aliphatic rings. The van der Waals surface area contributed by atoms with E-state index in [1.165, 1.54) is 42.0 Å². The van der Waals surface area contributed by atoms with Gasteiger partial charge < -0.3 is 4.90 Å². The van der Waals surface area contributed by atoms with Crippen LogP contribution in [0.15, 0.2) is 30.3 Å². The van der Waals surface area contributed by atoms with Crippen LogP contribution in [-0.4, -0.2) is 38.6 Å². The zero-order valence-electron chi connectivity index (χ0n) is 18.3. The van der Waals surface area contributed by atoms with Gasteiger partial charge >= 0.3 is 0 Å². The van der Waals surface area contributed by atoms with Gasteiger partial charge in [0, 0.05) is 49.4 Å². The van der Waals surface area contributed by atoms with Gasteiger partial charge in [0.15, 0.2) is 5.65 Å². The lowest BCUT2D eigenvalue weighted by Gasteiger charge is -2.38. The van der Waals surface area contributed by atoms with Crippen molar-refractivity contribution in [3.05, 3.63) is 47.4 Å². The first-order valence-electron chi connectivity index (χ1n) is 11.0. The molecule has 1 saturated heterocycles. The molecule has 0 spiro atoms. The Hall–Kier alpha value is -2.47. The molecule has 5 rings (SSSR count). The lowest BCUT2D eigenvalue weighted by Crippen LogP contribution is -2.39. The predicted octanol–water partition coefficient (Wildman–Crippen LogP) is 4.89. The second kappa shape index (κ2) is 7.05. The Morgan fingerprint density at radius 1 is 1.03 bits per heavy atom. The maximum atomic E-state index is 13.4. The van der Waals surface area contributed by atoms with Crippen LogP contribution >= 0.6 is 0 Å². The van der Waals surface area contributed by atoms with Crippen LogP contribution in [0.5, 0.6) is 0 Å². The zero-order valence-corrected chi connectivity index (χ0v) is 18.3. The topological polar surface area (TPSA) is 36.7 Å². The highest BCUT2D eigenvalue weighted by Gasteiger charge is 2.33. The van der Waals surface area contributed by atoms with Crippen LogP contribution in [0.4, 0.5) is 10.2 Å². The van der Waals surface area contributed by atoms with Crippen molar-refractivity contribution in [3.8, 4) is 11.3 Å². The molecule has 0 amide bonds. The number of hydrogen-bond donors (Lipinski definition) is 0. The third kappa shape index (κ3) is 3.37. The van der Waals surface area contributed by atoms with Crippen LogP contribution < -0.4 is 4.90 Å². The Kier molecular flexibility index (Phi) is 4.58. The molecule has 6 heteroatoms. The van der Waals surface area contributed by atoms with Gasteiger partial charge in [0.1, 0.15) is 11.6 Å². The molecular weight excluding hydrogens is 377 g/mol. The van der Waals surface area contributed by atoms with Crippen molar-refractivity contribution in [2.45, 2.75) is 59.7 Å². The van der Waals surface area contributed by atoms with Crippen LogP contribution in [0.3, 0.4) is 0 Å². The van der Waals surface area contributed by atoms with Crippen molar-refractivity contribution in [1.82, 2.24) is 19.5 Å². The number of aromatic nitrogens is 3. The van der Waals surface area contributed by atoms with Crippen LogP contribution in [0.1, 0.15) is 51.8 Å². The van der Waals surface area contributed by atoms with E-state index >= 15 is 0 Å².